The number of nitrogens with one attached hydrogen (secondary N) is 1. The zero-order chi connectivity index (χ0) is 24.9. The molecule has 0 spiro atoms. The van der Waals surface area contributed by atoms with Crippen molar-refractivity contribution in [1.82, 2.24) is 9.88 Å². The molecule has 2 heterocycles. The Bertz CT molecular complexity index is 1300. The minimum Gasteiger partial charge on any atom is -0.410 e. The van der Waals surface area contributed by atoms with Crippen LogP contribution >= 0.6 is 0 Å². The van der Waals surface area contributed by atoms with Crippen molar-refractivity contribution >= 4 is 28.9 Å². The summed E-state index contributed by atoms with van der Waals surface area (Å²) < 4.78 is 5.41. The number of amides is 2. The van der Waals surface area contributed by atoms with Crippen LogP contribution in [0.1, 0.15) is 34.8 Å². The Morgan fingerprint density at radius 3 is 2.43 bits per heavy atom. The maximum absolute atomic E-state index is 12.7. The van der Waals surface area contributed by atoms with Crippen LogP contribution in [-0.2, 0) is 0 Å². The third-order valence-corrected chi connectivity index (χ3v) is 5.89. The summed E-state index contributed by atoms with van der Waals surface area (Å²) in [6.45, 7) is 4.76. The van der Waals surface area contributed by atoms with Gasteiger partial charge in [-0.05, 0) is 67.3 Å². The second-order valence-corrected chi connectivity index (χ2v) is 8.27. The molecule has 2 amide bonds. The van der Waals surface area contributed by atoms with Gasteiger partial charge in [0, 0.05) is 48.9 Å². The van der Waals surface area contributed by atoms with Crippen molar-refractivity contribution in [1.29, 1.82) is 0 Å². The average Bonchev–Trinajstić information content (AvgIpc) is 2.85. The highest BCUT2D eigenvalue weighted by atomic mass is 16.6. The lowest BCUT2D eigenvalue weighted by atomic mass is 9.95. The maximum Gasteiger partial charge on any atom is 0.415 e. The number of pyridine rings is 1. The summed E-state index contributed by atoms with van der Waals surface area (Å²) in [4.78, 5) is 41.2. The van der Waals surface area contributed by atoms with Gasteiger partial charge in [0.1, 0.15) is 5.75 Å². The molecule has 3 aromatic rings. The molecule has 0 bridgehead atoms. The van der Waals surface area contributed by atoms with Crippen molar-refractivity contribution in [2.45, 2.75) is 20.3 Å². The number of non-ortho nitro benzene ring substituents is 1. The molecule has 178 valence electrons. The van der Waals surface area contributed by atoms with Crippen LogP contribution in [0.3, 0.4) is 0 Å². The number of nitrogens with zero attached hydrogens (tertiary/aromatic N) is 3. The first-order valence-corrected chi connectivity index (χ1v) is 11.0. The first kappa shape index (κ1) is 23.6. The molecular formula is C26H24N4O5. The standard InChI is InChI=1S/C26H24N4O5/c1-17-12-14-29(26(32)35-22-9-7-21(8-10-22)30(33)34)16-24(17)19-3-5-20(6-4-19)28-25(31)23-11-13-27-15-18(23)2/h3-11,13,15H,12,14,16H2,1-2H3,(H,28,31). The molecule has 0 aliphatic carbocycles. The van der Waals surface area contributed by atoms with Gasteiger partial charge in [0.15, 0.2) is 0 Å². The molecule has 2 aromatic carbocycles. The minimum absolute atomic E-state index is 0.0702. The van der Waals surface area contributed by atoms with Crippen LogP contribution in [0.4, 0.5) is 16.2 Å². The second-order valence-electron chi connectivity index (χ2n) is 8.27. The Morgan fingerprint density at radius 2 is 1.77 bits per heavy atom. The first-order valence-electron chi connectivity index (χ1n) is 11.0. The molecule has 1 aliphatic rings. The van der Waals surface area contributed by atoms with Crippen molar-refractivity contribution in [2.24, 2.45) is 0 Å². The van der Waals surface area contributed by atoms with E-state index in [1.54, 1.807) is 23.4 Å². The number of carbonyl (C=O) groups excluding carboxylic acids is 2. The SMILES string of the molecule is CC1=C(c2ccc(NC(=O)c3ccncc3C)cc2)CN(C(=O)Oc2ccc([N+](=O)[O-])cc2)CC1. The van der Waals surface area contributed by atoms with Gasteiger partial charge in [0.2, 0.25) is 0 Å². The second kappa shape index (κ2) is 10.2. The molecule has 0 saturated carbocycles. The fourth-order valence-corrected chi connectivity index (χ4v) is 3.83. The highest BCUT2D eigenvalue weighted by Crippen LogP contribution is 2.28. The van der Waals surface area contributed by atoms with Crippen LogP contribution < -0.4 is 10.1 Å². The Hall–Kier alpha value is -4.53. The summed E-state index contributed by atoms with van der Waals surface area (Å²) in [6, 6.07) is 14.6. The third-order valence-electron chi connectivity index (χ3n) is 5.89. The highest BCUT2D eigenvalue weighted by molar-refractivity contribution is 6.05. The Morgan fingerprint density at radius 1 is 1.06 bits per heavy atom. The van der Waals surface area contributed by atoms with E-state index in [0.717, 1.165) is 16.7 Å². The van der Waals surface area contributed by atoms with Gasteiger partial charge >= 0.3 is 6.09 Å². The summed E-state index contributed by atoms with van der Waals surface area (Å²) in [5, 5.41) is 13.7. The molecule has 0 unspecified atom stereocenters. The number of aryl methyl sites for hydroxylation is 1. The lowest BCUT2D eigenvalue weighted by Gasteiger charge is -2.29. The van der Waals surface area contributed by atoms with Gasteiger partial charge in [0.05, 0.1) is 4.92 Å². The monoisotopic (exact) mass is 472 g/mol. The summed E-state index contributed by atoms with van der Waals surface area (Å²) in [6.07, 6.45) is 3.42. The van der Waals surface area contributed by atoms with E-state index < -0.39 is 11.0 Å². The lowest BCUT2D eigenvalue weighted by molar-refractivity contribution is -0.384. The smallest absolute Gasteiger partial charge is 0.410 e. The summed E-state index contributed by atoms with van der Waals surface area (Å²) in [7, 11) is 0. The number of hydrogen-bond donors (Lipinski definition) is 1. The molecule has 0 radical (unpaired) electrons. The first-order chi connectivity index (χ1) is 16.8. The van der Waals surface area contributed by atoms with E-state index in [0.29, 0.717) is 30.8 Å². The van der Waals surface area contributed by atoms with Gasteiger partial charge in [-0.1, -0.05) is 17.7 Å². The predicted octanol–water partition coefficient (Wildman–Crippen LogP) is 5.23. The predicted molar refractivity (Wildman–Crippen MR) is 131 cm³/mol. The van der Waals surface area contributed by atoms with Crippen molar-refractivity contribution in [2.75, 3.05) is 18.4 Å². The number of carbonyl (C=O) groups is 2. The van der Waals surface area contributed by atoms with Crippen LogP contribution in [-0.4, -0.2) is 39.9 Å². The number of aromatic nitrogens is 1. The molecule has 0 fully saturated rings. The number of hydrogen-bond acceptors (Lipinski definition) is 6. The van der Waals surface area contributed by atoms with Crippen molar-refractivity contribution in [3.63, 3.8) is 0 Å². The molecule has 0 atom stereocenters. The van der Waals surface area contributed by atoms with E-state index >= 15 is 0 Å². The van der Waals surface area contributed by atoms with E-state index in [1.165, 1.54) is 29.8 Å². The van der Waals surface area contributed by atoms with Gasteiger partial charge < -0.3 is 15.0 Å². The summed E-state index contributed by atoms with van der Waals surface area (Å²) in [5.41, 5.74) is 5.10. The largest absolute Gasteiger partial charge is 0.415 e. The van der Waals surface area contributed by atoms with E-state index in [1.807, 2.05) is 38.1 Å². The van der Waals surface area contributed by atoms with Crippen LogP contribution in [0.2, 0.25) is 0 Å². The molecule has 35 heavy (non-hydrogen) atoms. The van der Waals surface area contributed by atoms with Crippen LogP contribution in [0.5, 0.6) is 5.75 Å². The van der Waals surface area contributed by atoms with Crippen LogP contribution in [0, 0.1) is 17.0 Å². The highest BCUT2D eigenvalue weighted by Gasteiger charge is 2.24. The Balaban J connectivity index is 1.42. The summed E-state index contributed by atoms with van der Waals surface area (Å²) in [5.74, 6) is 0.0452. The number of nitro groups is 1. The van der Waals surface area contributed by atoms with Crippen LogP contribution in [0.25, 0.3) is 5.57 Å². The van der Waals surface area contributed by atoms with Crippen molar-refractivity contribution < 1.29 is 19.2 Å². The third kappa shape index (κ3) is 5.52. The topological polar surface area (TPSA) is 115 Å². The van der Waals surface area contributed by atoms with E-state index in [4.69, 9.17) is 4.74 Å². The van der Waals surface area contributed by atoms with Gasteiger partial charge in [-0.3, -0.25) is 19.9 Å². The number of rotatable bonds is 5. The summed E-state index contributed by atoms with van der Waals surface area (Å²) >= 11 is 0. The molecule has 4 rings (SSSR count). The van der Waals surface area contributed by atoms with Gasteiger partial charge in [-0.25, -0.2) is 4.79 Å². The van der Waals surface area contributed by atoms with E-state index in [-0.39, 0.29) is 17.3 Å². The van der Waals surface area contributed by atoms with Crippen molar-refractivity contribution in [3.8, 4) is 5.75 Å². The molecule has 0 saturated heterocycles. The molecule has 9 heteroatoms. The Labute approximate surface area is 202 Å². The number of ether oxygens (including phenoxy) is 1. The van der Waals surface area contributed by atoms with E-state index in [2.05, 4.69) is 10.3 Å². The zero-order valence-corrected chi connectivity index (χ0v) is 19.4. The van der Waals surface area contributed by atoms with Gasteiger partial charge in [-0.15, -0.1) is 0 Å². The molecule has 1 N–H and O–H groups in total. The number of nitro benzene ring substituents is 1. The molecule has 1 aromatic heterocycles. The average molecular weight is 473 g/mol. The van der Waals surface area contributed by atoms with Crippen LogP contribution in [0.15, 0.2) is 72.6 Å². The zero-order valence-electron chi connectivity index (χ0n) is 19.4. The number of benzene rings is 2. The lowest BCUT2D eigenvalue weighted by Crippen LogP contribution is -2.38. The maximum atomic E-state index is 12.7. The van der Waals surface area contributed by atoms with Gasteiger partial charge in [0.25, 0.3) is 11.6 Å². The quantitative estimate of drug-likeness (QED) is 0.402. The fraction of sp³-hybridized carbons (Fsp3) is 0.192. The molecule has 9 nitrogen and oxygen atoms in total. The minimum atomic E-state index is -0.513. The fourth-order valence-electron chi connectivity index (χ4n) is 3.83. The van der Waals surface area contributed by atoms with Crippen molar-refractivity contribution in [3.05, 3.63) is 99.4 Å². The normalized spacial score (nSPS) is 13.4. The Kier molecular flexibility index (Phi) is 6.86. The number of anilines is 1. The molecular weight excluding hydrogens is 448 g/mol. The van der Waals surface area contributed by atoms with Gasteiger partial charge in [-0.2, -0.15) is 0 Å². The van der Waals surface area contributed by atoms with E-state index in [9.17, 15) is 19.7 Å². The molecule has 1 aliphatic heterocycles.